The largest absolute Gasteiger partial charge is 0.351 e. The second kappa shape index (κ2) is 5.91. The molecule has 0 fully saturated rings. The number of hydrogen-bond donors (Lipinski definition) is 2. The van der Waals surface area contributed by atoms with E-state index in [0.717, 1.165) is 18.2 Å². The van der Waals surface area contributed by atoms with Crippen molar-refractivity contribution in [3.8, 4) is 0 Å². The number of H-pyrrole nitrogens is 1. The number of nitro groups is 1. The molecular weight excluding hydrogens is 267 g/mol. The van der Waals surface area contributed by atoms with Gasteiger partial charge < -0.3 is 10.3 Å². The van der Waals surface area contributed by atoms with E-state index >= 15 is 0 Å². The van der Waals surface area contributed by atoms with E-state index < -0.39 is 22.3 Å². The van der Waals surface area contributed by atoms with Gasteiger partial charge >= 0.3 is 0 Å². The third kappa shape index (κ3) is 3.16. The summed E-state index contributed by atoms with van der Waals surface area (Å²) in [7, 11) is 0. The van der Waals surface area contributed by atoms with Crippen molar-refractivity contribution in [2.24, 2.45) is 0 Å². The Labute approximate surface area is 113 Å². The molecule has 0 unspecified atom stereocenters. The summed E-state index contributed by atoms with van der Waals surface area (Å²) in [6.45, 7) is 0.236. The number of aromatic nitrogens is 2. The standard InChI is InChI=1S/C12H11FN4O3/c13-8-1-2-10(17(19)20)9(7-8)12(18)16-4-3-11-14-5-6-15-11/h1-2,5-7H,3-4H2,(H,14,15)(H,16,18). The first-order valence-electron chi connectivity index (χ1n) is 5.78. The summed E-state index contributed by atoms with van der Waals surface area (Å²) in [5.74, 6) is -0.714. The first kappa shape index (κ1) is 13.7. The maximum atomic E-state index is 13.1. The van der Waals surface area contributed by atoms with Crippen LogP contribution in [0.3, 0.4) is 0 Å². The van der Waals surface area contributed by atoms with Crippen molar-refractivity contribution < 1.29 is 14.1 Å². The van der Waals surface area contributed by atoms with Crippen molar-refractivity contribution >= 4 is 11.6 Å². The molecule has 1 amide bonds. The lowest BCUT2D eigenvalue weighted by Crippen LogP contribution is -2.26. The van der Waals surface area contributed by atoms with Crippen LogP contribution in [-0.4, -0.2) is 27.3 Å². The summed E-state index contributed by atoms with van der Waals surface area (Å²) in [6, 6.07) is 2.76. The molecule has 8 heteroatoms. The highest BCUT2D eigenvalue weighted by molar-refractivity contribution is 5.98. The third-order valence-corrected chi connectivity index (χ3v) is 2.60. The van der Waals surface area contributed by atoms with Crippen molar-refractivity contribution in [2.45, 2.75) is 6.42 Å². The van der Waals surface area contributed by atoms with E-state index in [1.54, 1.807) is 12.4 Å². The number of nitrogens with zero attached hydrogens (tertiary/aromatic N) is 2. The van der Waals surface area contributed by atoms with E-state index in [0.29, 0.717) is 12.2 Å². The molecule has 1 aromatic carbocycles. The number of benzene rings is 1. The topological polar surface area (TPSA) is 101 Å². The maximum absolute atomic E-state index is 13.1. The van der Waals surface area contributed by atoms with Gasteiger partial charge in [-0.25, -0.2) is 9.37 Å². The number of nitrogens with one attached hydrogen (secondary N) is 2. The molecule has 0 spiro atoms. The molecule has 0 saturated heterocycles. The van der Waals surface area contributed by atoms with E-state index in [9.17, 15) is 19.3 Å². The Morgan fingerprint density at radius 2 is 2.30 bits per heavy atom. The smallest absolute Gasteiger partial charge is 0.282 e. The maximum Gasteiger partial charge on any atom is 0.282 e. The molecular formula is C12H11FN4O3. The van der Waals surface area contributed by atoms with Crippen LogP contribution < -0.4 is 5.32 Å². The van der Waals surface area contributed by atoms with Crippen molar-refractivity contribution in [1.29, 1.82) is 0 Å². The molecule has 2 aromatic rings. The minimum absolute atomic E-state index is 0.236. The summed E-state index contributed by atoms with van der Waals surface area (Å²) >= 11 is 0. The average Bonchev–Trinajstić information content (AvgIpc) is 2.91. The number of imidazole rings is 1. The molecule has 0 radical (unpaired) electrons. The van der Waals surface area contributed by atoms with Crippen molar-refractivity contribution in [3.05, 3.63) is 57.9 Å². The second-order valence-corrected chi connectivity index (χ2v) is 3.96. The molecule has 1 heterocycles. The fraction of sp³-hybridized carbons (Fsp3) is 0.167. The highest BCUT2D eigenvalue weighted by atomic mass is 19.1. The van der Waals surface area contributed by atoms with Gasteiger partial charge in [-0.05, 0) is 12.1 Å². The van der Waals surface area contributed by atoms with E-state index in [1.165, 1.54) is 0 Å². The minimum Gasteiger partial charge on any atom is -0.351 e. The molecule has 2 rings (SSSR count). The normalized spacial score (nSPS) is 10.2. The summed E-state index contributed by atoms with van der Waals surface area (Å²) < 4.78 is 13.1. The highest BCUT2D eigenvalue weighted by Crippen LogP contribution is 2.19. The molecule has 0 bridgehead atoms. The quantitative estimate of drug-likeness (QED) is 0.638. The lowest BCUT2D eigenvalue weighted by atomic mass is 10.1. The van der Waals surface area contributed by atoms with Gasteiger partial charge in [0.2, 0.25) is 0 Å². The Morgan fingerprint density at radius 1 is 1.50 bits per heavy atom. The first-order chi connectivity index (χ1) is 9.58. The van der Waals surface area contributed by atoms with Crippen LogP contribution in [-0.2, 0) is 6.42 Å². The van der Waals surface area contributed by atoms with E-state index in [1.807, 2.05) is 0 Å². The van der Waals surface area contributed by atoms with Crippen LogP contribution >= 0.6 is 0 Å². The van der Waals surface area contributed by atoms with Gasteiger partial charge in [-0.2, -0.15) is 0 Å². The van der Waals surface area contributed by atoms with Crippen LogP contribution in [0.15, 0.2) is 30.6 Å². The summed E-state index contributed by atoms with van der Waals surface area (Å²) in [5.41, 5.74) is -0.726. The fourth-order valence-electron chi connectivity index (χ4n) is 1.67. The highest BCUT2D eigenvalue weighted by Gasteiger charge is 2.20. The lowest BCUT2D eigenvalue weighted by molar-refractivity contribution is -0.385. The molecule has 0 aliphatic rings. The number of carbonyl (C=O) groups excluding carboxylic acids is 1. The van der Waals surface area contributed by atoms with Gasteiger partial charge in [0.1, 0.15) is 17.2 Å². The van der Waals surface area contributed by atoms with E-state index in [4.69, 9.17) is 0 Å². The number of amides is 1. The van der Waals surface area contributed by atoms with Crippen molar-refractivity contribution in [3.63, 3.8) is 0 Å². The molecule has 0 saturated carbocycles. The molecule has 2 N–H and O–H groups in total. The zero-order chi connectivity index (χ0) is 14.5. The Balaban J connectivity index is 2.05. The molecule has 0 aliphatic carbocycles. The molecule has 7 nitrogen and oxygen atoms in total. The number of carbonyl (C=O) groups is 1. The molecule has 0 aliphatic heterocycles. The summed E-state index contributed by atoms with van der Waals surface area (Å²) in [6.07, 6.45) is 3.67. The van der Waals surface area contributed by atoms with Gasteiger partial charge in [0.05, 0.1) is 4.92 Å². The van der Waals surface area contributed by atoms with E-state index in [-0.39, 0.29) is 12.1 Å². The fourth-order valence-corrected chi connectivity index (χ4v) is 1.67. The minimum atomic E-state index is -0.721. The third-order valence-electron chi connectivity index (χ3n) is 2.60. The molecule has 20 heavy (non-hydrogen) atoms. The van der Waals surface area contributed by atoms with Gasteiger partial charge in [-0.1, -0.05) is 0 Å². The Hall–Kier alpha value is -2.77. The number of halogens is 1. The summed E-state index contributed by atoms with van der Waals surface area (Å²) in [4.78, 5) is 28.7. The van der Waals surface area contributed by atoms with Crippen LogP contribution in [0.5, 0.6) is 0 Å². The van der Waals surface area contributed by atoms with E-state index in [2.05, 4.69) is 15.3 Å². The molecule has 1 aromatic heterocycles. The predicted octanol–water partition coefficient (Wildman–Crippen LogP) is 1.43. The Morgan fingerprint density at radius 3 is 2.95 bits per heavy atom. The number of hydrogen-bond acceptors (Lipinski definition) is 4. The van der Waals surface area contributed by atoms with Crippen molar-refractivity contribution in [2.75, 3.05) is 6.54 Å². The van der Waals surface area contributed by atoms with Crippen LogP contribution in [0.1, 0.15) is 16.2 Å². The predicted molar refractivity (Wildman–Crippen MR) is 67.7 cm³/mol. The average molecular weight is 278 g/mol. The van der Waals surface area contributed by atoms with Crippen LogP contribution in [0, 0.1) is 15.9 Å². The number of nitro benzene ring substituents is 1. The van der Waals surface area contributed by atoms with Crippen LogP contribution in [0.4, 0.5) is 10.1 Å². The van der Waals surface area contributed by atoms with Gasteiger partial charge in [-0.3, -0.25) is 14.9 Å². The molecule has 0 atom stereocenters. The van der Waals surface area contributed by atoms with Crippen LogP contribution in [0.2, 0.25) is 0 Å². The summed E-state index contributed by atoms with van der Waals surface area (Å²) in [5, 5.41) is 13.3. The van der Waals surface area contributed by atoms with Gasteiger partial charge in [0, 0.05) is 31.4 Å². The van der Waals surface area contributed by atoms with Gasteiger partial charge in [0.15, 0.2) is 0 Å². The zero-order valence-electron chi connectivity index (χ0n) is 10.3. The monoisotopic (exact) mass is 278 g/mol. The number of rotatable bonds is 5. The second-order valence-electron chi connectivity index (χ2n) is 3.96. The van der Waals surface area contributed by atoms with Gasteiger partial charge in [0.25, 0.3) is 11.6 Å². The first-order valence-corrected chi connectivity index (χ1v) is 5.78. The zero-order valence-corrected chi connectivity index (χ0v) is 10.3. The Bertz CT molecular complexity index is 628. The molecule has 104 valence electrons. The van der Waals surface area contributed by atoms with Crippen LogP contribution in [0.25, 0.3) is 0 Å². The van der Waals surface area contributed by atoms with Gasteiger partial charge in [-0.15, -0.1) is 0 Å². The Kier molecular flexibility index (Phi) is 4.04. The number of aromatic amines is 1. The lowest BCUT2D eigenvalue weighted by Gasteiger charge is -2.05. The van der Waals surface area contributed by atoms with Crippen molar-refractivity contribution in [1.82, 2.24) is 15.3 Å². The SMILES string of the molecule is O=C(NCCc1ncc[nH]1)c1cc(F)ccc1[N+](=O)[O-].